The van der Waals surface area contributed by atoms with Crippen LogP contribution in [0.3, 0.4) is 0 Å². The Kier molecular flexibility index (Phi) is 5.06. The van der Waals surface area contributed by atoms with E-state index in [4.69, 9.17) is 9.56 Å². The van der Waals surface area contributed by atoms with Gasteiger partial charge in [-0.05, 0) is 48.5 Å². The summed E-state index contributed by atoms with van der Waals surface area (Å²) >= 11 is 0. The number of carbonyl (C=O) groups excluding carboxylic acids is 1. The molecular weight excluding hydrogens is 370 g/mol. The van der Waals surface area contributed by atoms with E-state index < -0.39 is 15.9 Å². The van der Waals surface area contributed by atoms with Crippen molar-refractivity contribution in [2.24, 2.45) is 10.2 Å². The average Bonchev–Trinajstić information content (AvgIpc) is 3.10. The minimum absolute atomic E-state index is 0.00599. The van der Waals surface area contributed by atoms with Crippen LogP contribution in [0.2, 0.25) is 0 Å². The fourth-order valence-corrected chi connectivity index (χ4v) is 2.78. The molecule has 0 saturated heterocycles. The van der Waals surface area contributed by atoms with Crippen LogP contribution in [-0.4, -0.2) is 25.6 Å². The molecule has 1 amide bonds. The third-order valence-electron chi connectivity index (χ3n) is 3.60. The first kappa shape index (κ1) is 18.4. The van der Waals surface area contributed by atoms with Gasteiger partial charge in [0.15, 0.2) is 0 Å². The molecule has 0 bridgehead atoms. The van der Waals surface area contributed by atoms with E-state index in [0.29, 0.717) is 17.1 Å². The van der Waals surface area contributed by atoms with Gasteiger partial charge in [0.25, 0.3) is 5.91 Å². The van der Waals surface area contributed by atoms with Crippen LogP contribution in [0, 0.1) is 0 Å². The number of furan rings is 1. The second kappa shape index (κ2) is 7.44. The molecule has 0 aliphatic rings. The molecular formula is C18H15N3O5S. The topological polar surface area (TPSA) is 135 Å². The first-order valence-electron chi connectivity index (χ1n) is 7.69. The first-order valence-corrected chi connectivity index (χ1v) is 9.24. The quantitative estimate of drug-likeness (QED) is 0.456. The molecule has 0 unspecified atom stereocenters. The minimum Gasteiger partial charge on any atom is -0.507 e. The van der Waals surface area contributed by atoms with Crippen LogP contribution in [0.4, 0.5) is 0 Å². The summed E-state index contributed by atoms with van der Waals surface area (Å²) in [6.45, 7) is 0. The Balaban J connectivity index is 1.68. The van der Waals surface area contributed by atoms with Crippen LogP contribution in [0.5, 0.6) is 5.75 Å². The Hall–Kier alpha value is -3.43. The molecule has 4 N–H and O–H groups in total. The predicted molar refractivity (Wildman–Crippen MR) is 98.7 cm³/mol. The van der Waals surface area contributed by atoms with E-state index in [1.165, 1.54) is 30.5 Å². The van der Waals surface area contributed by atoms with Crippen LogP contribution >= 0.6 is 0 Å². The van der Waals surface area contributed by atoms with E-state index >= 15 is 0 Å². The number of hydrogen-bond donors (Lipinski definition) is 3. The number of para-hydroxylation sites is 1. The largest absolute Gasteiger partial charge is 0.507 e. The third kappa shape index (κ3) is 4.40. The van der Waals surface area contributed by atoms with E-state index in [1.54, 1.807) is 36.4 Å². The van der Waals surface area contributed by atoms with Crippen LogP contribution in [0.15, 0.2) is 75.1 Å². The number of amides is 1. The van der Waals surface area contributed by atoms with Crippen LogP contribution in [-0.2, 0) is 10.0 Å². The summed E-state index contributed by atoms with van der Waals surface area (Å²) < 4.78 is 28.1. The van der Waals surface area contributed by atoms with Gasteiger partial charge in [0, 0.05) is 5.56 Å². The first-order chi connectivity index (χ1) is 12.8. The standard InChI is InChI=1S/C18H15N3O5S/c19-27(24,25)14-8-5-12(6-9-14)17-10-7-13(26-17)11-20-21-18(23)15-3-1-2-4-16(15)22/h1-11,22H,(H,21,23)(H2,19,24,25)/b20-11+. The summed E-state index contributed by atoms with van der Waals surface area (Å²) in [7, 11) is -3.75. The molecule has 2 aromatic carbocycles. The SMILES string of the molecule is NS(=O)(=O)c1ccc(-c2ccc(/C=N/NC(=O)c3ccccc3O)o2)cc1. The number of phenols is 1. The Labute approximate surface area is 155 Å². The Morgan fingerprint density at radius 1 is 1.07 bits per heavy atom. The monoisotopic (exact) mass is 385 g/mol. The molecule has 0 aliphatic heterocycles. The molecule has 0 aliphatic carbocycles. The van der Waals surface area contributed by atoms with E-state index in [2.05, 4.69) is 10.5 Å². The molecule has 0 atom stereocenters. The van der Waals surface area contributed by atoms with Gasteiger partial charge >= 0.3 is 0 Å². The molecule has 8 nitrogen and oxygen atoms in total. The number of aromatic hydroxyl groups is 1. The number of nitrogens with two attached hydrogens (primary N) is 1. The summed E-state index contributed by atoms with van der Waals surface area (Å²) in [5.41, 5.74) is 3.05. The van der Waals surface area contributed by atoms with Crippen molar-refractivity contribution in [2.45, 2.75) is 4.90 Å². The van der Waals surface area contributed by atoms with E-state index in [-0.39, 0.29) is 16.2 Å². The number of nitrogens with one attached hydrogen (secondary N) is 1. The molecule has 0 fully saturated rings. The van der Waals surface area contributed by atoms with E-state index in [9.17, 15) is 18.3 Å². The van der Waals surface area contributed by atoms with Gasteiger partial charge in [0.1, 0.15) is 17.3 Å². The summed E-state index contributed by atoms with van der Waals surface area (Å²) in [5.74, 6) is 0.158. The highest BCUT2D eigenvalue weighted by Gasteiger charge is 2.10. The fraction of sp³-hybridized carbons (Fsp3) is 0. The number of rotatable bonds is 5. The average molecular weight is 385 g/mol. The molecule has 0 radical (unpaired) electrons. The molecule has 0 saturated carbocycles. The summed E-state index contributed by atoms with van der Waals surface area (Å²) in [4.78, 5) is 11.9. The Morgan fingerprint density at radius 2 is 1.78 bits per heavy atom. The van der Waals surface area contributed by atoms with Crippen molar-refractivity contribution in [3.05, 3.63) is 72.0 Å². The number of hydrazone groups is 1. The lowest BCUT2D eigenvalue weighted by atomic mass is 10.2. The Morgan fingerprint density at radius 3 is 2.44 bits per heavy atom. The highest BCUT2D eigenvalue weighted by molar-refractivity contribution is 7.89. The maximum atomic E-state index is 11.9. The van der Waals surface area contributed by atoms with Crippen molar-refractivity contribution in [3.63, 3.8) is 0 Å². The zero-order valence-corrected chi connectivity index (χ0v) is 14.7. The van der Waals surface area contributed by atoms with Gasteiger partial charge in [-0.1, -0.05) is 12.1 Å². The zero-order valence-electron chi connectivity index (χ0n) is 13.9. The molecule has 3 aromatic rings. The number of primary sulfonamides is 1. The molecule has 0 spiro atoms. The van der Waals surface area contributed by atoms with Crippen molar-refractivity contribution in [1.29, 1.82) is 0 Å². The molecule has 3 rings (SSSR count). The molecule has 1 aromatic heterocycles. The lowest BCUT2D eigenvalue weighted by molar-refractivity contribution is 0.0952. The highest BCUT2D eigenvalue weighted by Crippen LogP contribution is 2.23. The van der Waals surface area contributed by atoms with Crippen molar-refractivity contribution < 1.29 is 22.7 Å². The lowest BCUT2D eigenvalue weighted by Crippen LogP contribution is -2.17. The Bertz CT molecular complexity index is 1100. The zero-order chi connectivity index (χ0) is 19.4. The number of carbonyl (C=O) groups is 1. The van der Waals surface area contributed by atoms with Crippen molar-refractivity contribution in [1.82, 2.24) is 5.43 Å². The highest BCUT2D eigenvalue weighted by atomic mass is 32.2. The second-order valence-corrected chi connectivity index (χ2v) is 7.05. The van der Waals surface area contributed by atoms with Gasteiger partial charge in [0.05, 0.1) is 16.7 Å². The van der Waals surface area contributed by atoms with Gasteiger partial charge in [-0.2, -0.15) is 5.10 Å². The molecule has 1 heterocycles. The van der Waals surface area contributed by atoms with Gasteiger partial charge in [-0.15, -0.1) is 0 Å². The van der Waals surface area contributed by atoms with Gasteiger partial charge in [-0.25, -0.2) is 19.0 Å². The number of sulfonamides is 1. The number of phenolic OH excluding ortho intramolecular Hbond substituents is 1. The number of benzene rings is 2. The normalized spacial score (nSPS) is 11.6. The van der Waals surface area contributed by atoms with Gasteiger partial charge in [0.2, 0.25) is 10.0 Å². The van der Waals surface area contributed by atoms with Gasteiger partial charge in [-0.3, -0.25) is 4.79 Å². The van der Waals surface area contributed by atoms with Crippen LogP contribution in [0.25, 0.3) is 11.3 Å². The third-order valence-corrected chi connectivity index (χ3v) is 4.53. The van der Waals surface area contributed by atoms with Crippen molar-refractivity contribution >= 4 is 22.1 Å². The van der Waals surface area contributed by atoms with Crippen LogP contribution < -0.4 is 10.6 Å². The van der Waals surface area contributed by atoms with E-state index in [0.717, 1.165) is 0 Å². The minimum atomic E-state index is -3.75. The van der Waals surface area contributed by atoms with Crippen molar-refractivity contribution in [3.8, 4) is 17.1 Å². The summed E-state index contributed by atoms with van der Waals surface area (Å²) in [6, 6.07) is 15.3. The van der Waals surface area contributed by atoms with Crippen molar-refractivity contribution in [2.75, 3.05) is 0 Å². The number of nitrogens with zero attached hydrogens (tertiary/aromatic N) is 1. The summed E-state index contributed by atoms with van der Waals surface area (Å²) in [5, 5.41) is 18.5. The smallest absolute Gasteiger partial charge is 0.275 e. The predicted octanol–water partition coefficient (Wildman–Crippen LogP) is 2.06. The van der Waals surface area contributed by atoms with Gasteiger partial charge < -0.3 is 9.52 Å². The molecule has 27 heavy (non-hydrogen) atoms. The van der Waals surface area contributed by atoms with E-state index in [1.807, 2.05) is 0 Å². The lowest BCUT2D eigenvalue weighted by Gasteiger charge is -2.01. The maximum Gasteiger partial charge on any atom is 0.275 e. The maximum absolute atomic E-state index is 11.9. The summed E-state index contributed by atoms with van der Waals surface area (Å²) in [6.07, 6.45) is 1.31. The number of hydrogen-bond acceptors (Lipinski definition) is 6. The second-order valence-electron chi connectivity index (χ2n) is 5.49. The van der Waals surface area contributed by atoms with Crippen LogP contribution in [0.1, 0.15) is 16.1 Å². The fourth-order valence-electron chi connectivity index (χ4n) is 2.27. The molecule has 138 valence electrons. The molecule has 9 heteroatoms.